The van der Waals surface area contributed by atoms with Gasteiger partial charge in [0.1, 0.15) is 0 Å². The standard InChI is InChI=1S/C15H20N2S2/c1-10-7-8-18-15(10)14(17-16)13-9-11-5-3-2-4-6-12(11)19-13/h7-9,14,17H,2-6,16H2,1H3. The third-order valence-electron chi connectivity index (χ3n) is 3.88. The summed E-state index contributed by atoms with van der Waals surface area (Å²) in [4.78, 5) is 4.31. The Labute approximate surface area is 122 Å². The summed E-state index contributed by atoms with van der Waals surface area (Å²) >= 11 is 3.74. The molecule has 0 spiro atoms. The summed E-state index contributed by atoms with van der Waals surface area (Å²) in [5.41, 5.74) is 5.90. The van der Waals surface area contributed by atoms with Gasteiger partial charge in [-0.1, -0.05) is 6.42 Å². The lowest BCUT2D eigenvalue weighted by Crippen LogP contribution is -2.28. The normalized spacial score (nSPS) is 16.9. The molecule has 1 aliphatic carbocycles. The number of nitrogens with one attached hydrogen (secondary N) is 1. The molecule has 0 amide bonds. The van der Waals surface area contributed by atoms with Gasteiger partial charge in [-0.25, -0.2) is 5.43 Å². The van der Waals surface area contributed by atoms with Gasteiger partial charge in [0, 0.05) is 14.6 Å². The molecule has 0 saturated heterocycles. The highest BCUT2D eigenvalue weighted by molar-refractivity contribution is 7.13. The Morgan fingerprint density at radius 2 is 2.11 bits per heavy atom. The molecule has 3 rings (SSSR count). The van der Waals surface area contributed by atoms with E-state index in [0.717, 1.165) is 0 Å². The molecular weight excluding hydrogens is 272 g/mol. The van der Waals surface area contributed by atoms with E-state index in [1.807, 2.05) is 11.3 Å². The van der Waals surface area contributed by atoms with Crippen LogP contribution >= 0.6 is 22.7 Å². The van der Waals surface area contributed by atoms with Crippen molar-refractivity contribution in [1.82, 2.24) is 5.43 Å². The van der Waals surface area contributed by atoms with Crippen molar-refractivity contribution in [2.24, 2.45) is 5.84 Å². The zero-order chi connectivity index (χ0) is 13.2. The van der Waals surface area contributed by atoms with Crippen LogP contribution in [-0.4, -0.2) is 0 Å². The summed E-state index contributed by atoms with van der Waals surface area (Å²) in [5, 5.41) is 2.15. The monoisotopic (exact) mass is 292 g/mol. The number of aryl methyl sites for hydroxylation is 3. The number of hydrogen-bond donors (Lipinski definition) is 2. The summed E-state index contributed by atoms with van der Waals surface area (Å²) in [7, 11) is 0. The SMILES string of the molecule is Cc1ccsc1C(NN)c1cc2c(s1)CCCCC2. The number of thiophene rings is 2. The van der Waals surface area contributed by atoms with Crippen molar-refractivity contribution in [2.45, 2.75) is 45.1 Å². The van der Waals surface area contributed by atoms with Crippen molar-refractivity contribution in [2.75, 3.05) is 0 Å². The fraction of sp³-hybridized carbons (Fsp3) is 0.467. The van der Waals surface area contributed by atoms with Crippen molar-refractivity contribution in [3.63, 3.8) is 0 Å². The average molecular weight is 292 g/mol. The molecule has 1 atom stereocenters. The zero-order valence-electron chi connectivity index (χ0n) is 11.2. The lowest BCUT2D eigenvalue weighted by Gasteiger charge is -2.13. The van der Waals surface area contributed by atoms with Crippen LogP contribution in [0.5, 0.6) is 0 Å². The lowest BCUT2D eigenvalue weighted by atomic mass is 10.1. The first kappa shape index (κ1) is 13.3. The van der Waals surface area contributed by atoms with Crippen LogP contribution in [0.3, 0.4) is 0 Å². The number of fused-ring (bicyclic) bond motifs is 1. The molecule has 0 radical (unpaired) electrons. The second-order valence-electron chi connectivity index (χ2n) is 5.23. The Morgan fingerprint density at radius 1 is 1.26 bits per heavy atom. The number of hydrazine groups is 1. The topological polar surface area (TPSA) is 38.0 Å². The first-order chi connectivity index (χ1) is 9.29. The van der Waals surface area contributed by atoms with Gasteiger partial charge in [0.05, 0.1) is 6.04 Å². The van der Waals surface area contributed by atoms with E-state index in [0.29, 0.717) is 0 Å². The molecule has 0 fully saturated rings. The van der Waals surface area contributed by atoms with Crippen LogP contribution < -0.4 is 11.3 Å². The van der Waals surface area contributed by atoms with Gasteiger partial charge in [-0.2, -0.15) is 0 Å². The highest BCUT2D eigenvalue weighted by Crippen LogP contribution is 2.36. The van der Waals surface area contributed by atoms with Gasteiger partial charge in [-0.3, -0.25) is 5.84 Å². The van der Waals surface area contributed by atoms with E-state index >= 15 is 0 Å². The molecule has 4 heteroatoms. The van der Waals surface area contributed by atoms with Crippen molar-refractivity contribution < 1.29 is 0 Å². The van der Waals surface area contributed by atoms with E-state index in [4.69, 9.17) is 5.84 Å². The van der Waals surface area contributed by atoms with Gasteiger partial charge in [0.25, 0.3) is 0 Å². The first-order valence-electron chi connectivity index (χ1n) is 6.91. The zero-order valence-corrected chi connectivity index (χ0v) is 12.9. The maximum absolute atomic E-state index is 5.82. The van der Waals surface area contributed by atoms with Crippen LogP contribution in [0.1, 0.15) is 51.1 Å². The lowest BCUT2D eigenvalue weighted by molar-refractivity contribution is 0.652. The maximum Gasteiger partial charge on any atom is 0.0897 e. The summed E-state index contributed by atoms with van der Waals surface area (Å²) in [6, 6.07) is 4.72. The van der Waals surface area contributed by atoms with Gasteiger partial charge in [0.2, 0.25) is 0 Å². The molecule has 2 aromatic heterocycles. The Bertz CT molecular complexity index is 533. The third kappa shape index (κ3) is 2.63. The minimum absolute atomic E-state index is 0.164. The smallest absolute Gasteiger partial charge is 0.0897 e. The molecule has 0 aromatic carbocycles. The number of hydrogen-bond acceptors (Lipinski definition) is 4. The number of nitrogens with two attached hydrogens (primary N) is 1. The number of rotatable bonds is 3. The predicted octanol–water partition coefficient (Wildman–Crippen LogP) is 3.94. The van der Waals surface area contributed by atoms with Crippen molar-refractivity contribution >= 4 is 22.7 Å². The molecule has 3 N–H and O–H groups in total. The van der Waals surface area contributed by atoms with Gasteiger partial charge in [0.15, 0.2) is 0 Å². The Kier molecular flexibility index (Phi) is 4.03. The van der Waals surface area contributed by atoms with Crippen molar-refractivity contribution in [3.05, 3.63) is 43.3 Å². The van der Waals surface area contributed by atoms with Crippen molar-refractivity contribution in [3.8, 4) is 0 Å². The first-order valence-corrected chi connectivity index (χ1v) is 8.61. The van der Waals surface area contributed by atoms with E-state index in [1.165, 1.54) is 47.4 Å². The highest BCUT2D eigenvalue weighted by atomic mass is 32.1. The molecule has 19 heavy (non-hydrogen) atoms. The van der Waals surface area contributed by atoms with Gasteiger partial charge >= 0.3 is 0 Å². The van der Waals surface area contributed by atoms with Crippen LogP contribution in [0.4, 0.5) is 0 Å². The second-order valence-corrected chi connectivity index (χ2v) is 7.34. The summed E-state index contributed by atoms with van der Waals surface area (Å²) in [6.07, 6.45) is 6.54. The fourth-order valence-electron chi connectivity index (χ4n) is 2.80. The molecule has 1 aliphatic rings. The molecule has 2 nitrogen and oxygen atoms in total. The van der Waals surface area contributed by atoms with Crippen LogP contribution in [0.2, 0.25) is 0 Å². The van der Waals surface area contributed by atoms with Crippen LogP contribution in [0.15, 0.2) is 17.5 Å². The minimum atomic E-state index is 0.164. The third-order valence-corrected chi connectivity index (χ3v) is 6.27. The quantitative estimate of drug-likeness (QED) is 0.511. The van der Waals surface area contributed by atoms with Gasteiger partial charge in [-0.05, 0) is 61.2 Å². The van der Waals surface area contributed by atoms with Crippen LogP contribution in [-0.2, 0) is 12.8 Å². The maximum atomic E-state index is 5.82. The van der Waals surface area contributed by atoms with Crippen LogP contribution in [0, 0.1) is 6.92 Å². The average Bonchev–Trinajstić information content (AvgIpc) is 2.93. The predicted molar refractivity (Wildman–Crippen MR) is 83.8 cm³/mol. The second kappa shape index (κ2) is 5.75. The Hall–Kier alpha value is -0.680. The summed E-state index contributed by atoms with van der Waals surface area (Å²) in [5.74, 6) is 5.82. The van der Waals surface area contributed by atoms with E-state index in [-0.39, 0.29) is 6.04 Å². The van der Waals surface area contributed by atoms with Gasteiger partial charge < -0.3 is 0 Å². The largest absolute Gasteiger partial charge is 0.271 e. The van der Waals surface area contributed by atoms with E-state index in [2.05, 4.69) is 29.9 Å². The highest BCUT2D eigenvalue weighted by Gasteiger charge is 2.21. The fourth-order valence-corrected chi connectivity index (χ4v) is 5.21. The van der Waals surface area contributed by atoms with E-state index in [1.54, 1.807) is 21.8 Å². The Morgan fingerprint density at radius 3 is 2.84 bits per heavy atom. The molecule has 102 valence electrons. The summed E-state index contributed by atoms with van der Waals surface area (Å²) < 4.78 is 0. The van der Waals surface area contributed by atoms with Gasteiger partial charge in [-0.15, -0.1) is 22.7 Å². The molecular formula is C15H20N2S2. The molecule has 2 heterocycles. The minimum Gasteiger partial charge on any atom is -0.271 e. The molecule has 0 bridgehead atoms. The molecule has 1 unspecified atom stereocenters. The molecule has 2 aromatic rings. The van der Waals surface area contributed by atoms with E-state index in [9.17, 15) is 0 Å². The van der Waals surface area contributed by atoms with E-state index < -0.39 is 0 Å². The van der Waals surface area contributed by atoms with Crippen molar-refractivity contribution in [1.29, 1.82) is 0 Å². The van der Waals surface area contributed by atoms with Crippen LogP contribution in [0.25, 0.3) is 0 Å². The Balaban J connectivity index is 1.94. The summed E-state index contributed by atoms with van der Waals surface area (Å²) in [6.45, 7) is 2.16. The molecule has 0 aliphatic heterocycles. The molecule has 0 saturated carbocycles.